The molecule has 0 saturated carbocycles. The van der Waals surface area contributed by atoms with Crippen molar-refractivity contribution in [2.75, 3.05) is 27.4 Å². The Balaban J connectivity index is 1.70. The molecule has 4 rings (SSSR count). The highest BCUT2D eigenvalue weighted by Crippen LogP contribution is 2.32. The molecule has 2 aliphatic heterocycles. The van der Waals surface area contributed by atoms with E-state index in [9.17, 15) is 8.42 Å². The number of rotatable bonds is 8. The second-order valence-electron chi connectivity index (χ2n) is 6.77. The van der Waals surface area contributed by atoms with E-state index < -0.39 is 9.84 Å². The minimum Gasteiger partial charge on any atom is -0.496 e. The monoisotopic (exact) mass is 390 g/mol. The topological polar surface area (TPSA) is 77.7 Å². The van der Waals surface area contributed by atoms with E-state index in [1.807, 2.05) is 0 Å². The molecular weight excluding hydrogens is 368 g/mol. The van der Waals surface area contributed by atoms with Crippen molar-refractivity contribution in [2.24, 2.45) is 0 Å². The first-order chi connectivity index (χ1) is 13.0. The van der Waals surface area contributed by atoms with Gasteiger partial charge in [-0.3, -0.25) is 0 Å². The Bertz CT molecular complexity index is 873. The Labute approximate surface area is 158 Å². The van der Waals surface area contributed by atoms with Crippen LogP contribution < -0.4 is 9.47 Å². The molecule has 0 N–H and O–H groups in total. The molecule has 0 spiro atoms. The van der Waals surface area contributed by atoms with Gasteiger partial charge in [0.25, 0.3) is 0 Å². The summed E-state index contributed by atoms with van der Waals surface area (Å²) in [5.74, 6) is 1.34. The molecule has 0 aliphatic carbocycles. The van der Waals surface area contributed by atoms with E-state index in [2.05, 4.69) is 0 Å². The molecule has 2 unspecified atom stereocenters. The molecule has 0 aromatic heterocycles. The molecule has 2 aromatic carbocycles. The maximum atomic E-state index is 13.2. The van der Waals surface area contributed by atoms with Gasteiger partial charge in [0, 0.05) is 12.8 Å². The van der Waals surface area contributed by atoms with E-state index in [0.717, 1.165) is 11.1 Å². The highest BCUT2D eigenvalue weighted by atomic mass is 32.2. The molecule has 2 heterocycles. The predicted molar refractivity (Wildman–Crippen MR) is 98.3 cm³/mol. The molecular formula is C20H22O6S. The van der Waals surface area contributed by atoms with E-state index in [4.69, 9.17) is 18.9 Å². The van der Waals surface area contributed by atoms with Crippen molar-refractivity contribution in [3.63, 3.8) is 0 Å². The third-order valence-corrected chi connectivity index (χ3v) is 6.57. The first kappa shape index (κ1) is 18.3. The van der Waals surface area contributed by atoms with Crippen molar-refractivity contribution in [3.05, 3.63) is 47.5 Å². The van der Waals surface area contributed by atoms with Crippen molar-refractivity contribution < 1.29 is 27.4 Å². The molecule has 0 radical (unpaired) electrons. The van der Waals surface area contributed by atoms with Crippen molar-refractivity contribution >= 4 is 9.84 Å². The zero-order valence-corrected chi connectivity index (χ0v) is 16.1. The molecule has 0 bridgehead atoms. The van der Waals surface area contributed by atoms with Crippen LogP contribution in [0.3, 0.4) is 0 Å². The highest BCUT2D eigenvalue weighted by Gasteiger charge is 2.28. The van der Waals surface area contributed by atoms with Crippen LogP contribution >= 0.6 is 0 Å². The Kier molecular flexibility index (Phi) is 4.84. The van der Waals surface area contributed by atoms with Gasteiger partial charge in [-0.25, -0.2) is 8.42 Å². The molecule has 0 amide bonds. The average Bonchev–Trinajstić information content (AvgIpc) is 3.58. The Hall–Kier alpha value is -2.09. The zero-order valence-electron chi connectivity index (χ0n) is 15.3. The Morgan fingerprint density at radius 2 is 1.26 bits per heavy atom. The van der Waals surface area contributed by atoms with Gasteiger partial charge in [0.15, 0.2) is 0 Å². The van der Waals surface area contributed by atoms with Gasteiger partial charge in [-0.2, -0.15) is 0 Å². The summed E-state index contributed by atoms with van der Waals surface area (Å²) in [6.07, 6.45) is 1.56. The summed E-state index contributed by atoms with van der Waals surface area (Å²) < 4.78 is 47.7. The number of benzene rings is 2. The maximum absolute atomic E-state index is 13.2. The molecule has 2 aliphatic rings. The number of sulfone groups is 1. The minimum atomic E-state index is -3.66. The number of ether oxygens (including phenoxy) is 4. The lowest BCUT2D eigenvalue weighted by Crippen LogP contribution is -2.07. The van der Waals surface area contributed by atoms with Gasteiger partial charge in [-0.05, 0) is 47.5 Å². The van der Waals surface area contributed by atoms with Crippen LogP contribution in [-0.4, -0.2) is 48.1 Å². The van der Waals surface area contributed by atoms with Crippen molar-refractivity contribution in [1.29, 1.82) is 0 Å². The second-order valence-corrected chi connectivity index (χ2v) is 8.72. The van der Waals surface area contributed by atoms with Crippen molar-refractivity contribution in [3.8, 4) is 11.5 Å². The highest BCUT2D eigenvalue weighted by molar-refractivity contribution is 7.91. The third kappa shape index (κ3) is 3.95. The molecule has 7 heteroatoms. The van der Waals surface area contributed by atoms with Crippen LogP contribution in [0.2, 0.25) is 0 Å². The van der Waals surface area contributed by atoms with Gasteiger partial charge >= 0.3 is 0 Å². The lowest BCUT2D eigenvalue weighted by molar-refractivity contribution is 0.390. The average molecular weight is 390 g/mol. The van der Waals surface area contributed by atoms with Crippen molar-refractivity contribution in [1.82, 2.24) is 0 Å². The van der Waals surface area contributed by atoms with E-state index in [0.29, 0.717) is 37.6 Å². The number of hydrogen-bond donors (Lipinski definition) is 0. The summed E-state index contributed by atoms with van der Waals surface area (Å²) in [7, 11) is -0.498. The molecule has 2 fully saturated rings. The fraction of sp³-hybridized carbons (Fsp3) is 0.400. The van der Waals surface area contributed by atoms with E-state index in [-0.39, 0.29) is 22.0 Å². The third-order valence-electron chi connectivity index (χ3n) is 4.82. The number of epoxide rings is 2. The standard InChI is InChI=1S/C20H22O6S/c1-23-19-5-3-17(9-13(19)7-15-11-25-15)27(21,22)18-4-6-20(24-2)14(10-18)8-16-12-26-16/h3-6,9-10,15-16H,7-8,11-12H2,1-2H3. The fourth-order valence-corrected chi connectivity index (χ4v) is 4.52. The fourth-order valence-electron chi connectivity index (χ4n) is 3.16. The first-order valence-corrected chi connectivity index (χ1v) is 10.3. The van der Waals surface area contributed by atoms with Crippen LogP contribution in [0.5, 0.6) is 11.5 Å². The molecule has 2 saturated heterocycles. The normalized spacial score (nSPS) is 21.0. The summed E-state index contributed by atoms with van der Waals surface area (Å²) in [5.41, 5.74) is 1.67. The van der Waals surface area contributed by atoms with E-state index in [1.165, 1.54) is 0 Å². The van der Waals surface area contributed by atoms with Crippen LogP contribution in [0.15, 0.2) is 46.2 Å². The smallest absolute Gasteiger partial charge is 0.206 e. The summed E-state index contributed by atoms with van der Waals surface area (Å²) in [5, 5.41) is 0. The molecule has 6 nitrogen and oxygen atoms in total. The van der Waals surface area contributed by atoms with Gasteiger partial charge in [-0.1, -0.05) is 0 Å². The van der Waals surface area contributed by atoms with Crippen LogP contribution in [-0.2, 0) is 32.2 Å². The van der Waals surface area contributed by atoms with Gasteiger partial charge in [0.2, 0.25) is 9.84 Å². The van der Waals surface area contributed by atoms with Crippen LogP contribution in [0.25, 0.3) is 0 Å². The molecule has 27 heavy (non-hydrogen) atoms. The van der Waals surface area contributed by atoms with E-state index >= 15 is 0 Å². The van der Waals surface area contributed by atoms with Gasteiger partial charge in [0.05, 0.1) is 49.4 Å². The molecule has 2 aromatic rings. The summed E-state index contributed by atoms with van der Waals surface area (Å²) in [6, 6.07) is 9.94. The Morgan fingerprint density at radius 3 is 1.59 bits per heavy atom. The lowest BCUT2D eigenvalue weighted by Gasteiger charge is -2.13. The lowest BCUT2D eigenvalue weighted by atomic mass is 10.1. The van der Waals surface area contributed by atoms with Gasteiger partial charge < -0.3 is 18.9 Å². The summed E-state index contributed by atoms with van der Waals surface area (Å²) in [4.78, 5) is 0.496. The van der Waals surface area contributed by atoms with Crippen LogP contribution in [0.1, 0.15) is 11.1 Å². The van der Waals surface area contributed by atoms with Crippen LogP contribution in [0, 0.1) is 0 Å². The molecule has 2 atom stereocenters. The van der Waals surface area contributed by atoms with Gasteiger partial charge in [-0.15, -0.1) is 0 Å². The zero-order chi connectivity index (χ0) is 19.0. The minimum absolute atomic E-state index is 0.142. The number of hydrogen-bond acceptors (Lipinski definition) is 6. The first-order valence-electron chi connectivity index (χ1n) is 8.83. The summed E-state index contributed by atoms with van der Waals surface area (Å²) in [6.45, 7) is 1.40. The largest absolute Gasteiger partial charge is 0.496 e. The SMILES string of the molecule is COc1ccc(S(=O)(=O)c2ccc(OC)c(CC3CO3)c2)cc1CC1CO1. The van der Waals surface area contributed by atoms with Crippen molar-refractivity contribution in [2.45, 2.75) is 34.8 Å². The predicted octanol–water partition coefficient (Wildman–Crippen LogP) is 2.42. The maximum Gasteiger partial charge on any atom is 0.206 e. The number of methoxy groups -OCH3 is 2. The van der Waals surface area contributed by atoms with Crippen LogP contribution in [0.4, 0.5) is 0 Å². The second kappa shape index (κ2) is 7.14. The Morgan fingerprint density at radius 1 is 0.852 bits per heavy atom. The summed E-state index contributed by atoms with van der Waals surface area (Å²) >= 11 is 0. The van der Waals surface area contributed by atoms with E-state index in [1.54, 1.807) is 50.6 Å². The quantitative estimate of drug-likeness (QED) is 0.644. The molecule has 144 valence electrons. The van der Waals surface area contributed by atoms with Gasteiger partial charge in [0.1, 0.15) is 11.5 Å².